The summed E-state index contributed by atoms with van der Waals surface area (Å²) in [6, 6.07) is 13.5. The van der Waals surface area contributed by atoms with Crippen LogP contribution in [0, 0.1) is 3.57 Å². The molecule has 0 bridgehead atoms. The van der Waals surface area contributed by atoms with Crippen molar-refractivity contribution < 1.29 is 31.6 Å². The second kappa shape index (κ2) is 11.6. The molecule has 9 nitrogen and oxygen atoms in total. The second-order valence-electron chi connectivity index (χ2n) is 6.79. The van der Waals surface area contributed by atoms with Crippen molar-refractivity contribution in [3.8, 4) is 23.0 Å². The number of carbonyl (C=O) groups excluding carboxylic acids is 1. The summed E-state index contributed by atoms with van der Waals surface area (Å²) in [6.07, 6.45) is 1.39. The normalized spacial score (nSPS) is 11.2. The molecule has 0 saturated heterocycles. The van der Waals surface area contributed by atoms with Gasteiger partial charge in [-0.05, 0) is 82.8 Å². The van der Waals surface area contributed by atoms with Crippen LogP contribution in [-0.2, 0) is 10.1 Å². The lowest BCUT2D eigenvalue weighted by Crippen LogP contribution is -2.17. The zero-order valence-electron chi connectivity index (χ0n) is 18.7. The van der Waals surface area contributed by atoms with E-state index in [0.29, 0.717) is 31.2 Å². The smallest absolute Gasteiger partial charge is 0.339 e. The average molecular weight is 631 g/mol. The van der Waals surface area contributed by atoms with Gasteiger partial charge in [-0.25, -0.2) is 5.43 Å². The largest absolute Gasteiger partial charge is 0.493 e. The Hall–Kier alpha value is -3.03. The molecule has 0 spiro atoms. The summed E-state index contributed by atoms with van der Waals surface area (Å²) < 4.78 is 46.8. The summed E-state index contributed by atoms with van der Waals surface area (Å²) in [5.74, 6) is 0.636. The van der Waals surface area contributed by atoms with Gasteiger partial charge in [0.1, 0.15) is 4.90 Å². The van der Waals surface area contributed by atoms with Crippen LogP contribution >= 0.6 is 34.2 Å². The molecule has 3 aromatic rings. The summed E-state index contributed by atoms with van der Waals surface area (Å²) >= 11 is 7.75. The highest BCUT2D eigenvalue weighted by Crippen LogP contribution is 2.36. The monoisotopic (exact) mass is 630 g/mol. The van der Waals surface area contributed by atoms with Gasteiger partial charge >= 0.3 is 10.1 Å². The summed E-state index contributed by atoms with van der Waals surface area (Å²) in [5.41, 5.74) is 3.28. The van der Waals surface area contributed by atoms with Crippen molar-refractivity contribution in [2.75, 3.05) is 21.3 Å². The number of methoxy groups -OCH3 is 3. The van der Waals surface area contributed by atoms with Crippen LogP contribution in [0.2, 0.25) is 5.02 Å². The van der Waals surface area contributed by atoms with Gasteiger partial charge in [-0.1, -0.05) is 11.6 Å². The van der Waals surface area contributed by atoms with E-state index in [2.05, 4.69) is 10.5 Å². The number of carbonyl (C=O) groups is 1. The maximum absolute atomic E-state index is 12.7. The fraction of sp³-hybridized carbons (Fsp3) is 0.130. The van der Waals surface area contributed by atoms with E-state index in [1.165, 1.54) is 63.9 Å². The molecule has 0 aliphatic carbocycles. The highest BCUT2D eigenvalue weighted by atomic mass is 127. The van der Waals surface area contributed by atoms with Crippen molar-refractivity contribution in [1.82, 2.24) is 5.43 Å². The number of benzene rings is 3. The molecule has 1 N–H and O–H groups in total. The third-order valence-electron chi connectivity index (χ3n) is 4.57. The van der Waals surface area contributed by atoms with E-state index in [1.807, 2.05) is 22.6 Å². The summed E-state index contributed by atoms with van der Waals surface area (Å²) in [5, 5.41) is 4.37. The van der Waals surface area contributed by atoms with Crippen molar-refractivity contribution in [3.63, 3.8) is 0 Å². The van der Waals surface area contributed by atoms with Crippen LogP contribution < -0.4 is 23.8 Å². The minimum Gasteiger partial charge on any atom is -0.493 e. The molecule has 0 aromatic heterocycles. The molecule has 35 heavy (non-hydrogen) atoms. The van der Waals surface area contributed by atoms with Crippen LogP contribution in [0.25, 0.3) is 0 Å². The molecule has 0 aliphatic heterocycles. The molecule has 0 radical (unpaired) electrons. The van der Waals surface area contributed by atoms with E-state index >= 15 is 0 Å². The first-order chi connectivity index (χ1) is 16.7. The van der Waals surface area contributed by atoms with Crippen LogP contribution in [0.4, 0.5) is 0 Å². The standard InChI is InChI=1S/C23H20ClIN2O7S/c1-31-19-9-4-15(12-20(19)32-2)23(28)27-26-13-14-10-18(25)22(21(11-14)33-3)34-35(29,30)17-7-5-16(24)6-8-17/h4-13H,1-3H3,(H,27,28)/b26-13+. The summed E-state index contributed by atoms with van der Waals surface area (Å²) in [6.45, 7) is 0. The molecule has 3 rings (SSSR count). The minimum atomic E-state index is -4.12. The Kier molecular flexibility index (Phi) is 8.81. The van der Waals surface area contributed by atoms with E-state index in [1.54, 1.807) is 18.2 Å². The average Bonchev–Trinajstić information content (AvgIpc) is 2.85. The molecular formula is C23H20ClIN2O7S. The van der Waals surface area contributed by atoms with Gasteiger partial charge in [0.15, 0.2) is 23.0 Å². The van der Waals surface area contributed by atoms with Gasteiger partial charge < -0.3 is 18.4 Å². The fourth-order valence-electron chi connectivity index (χ4n) is 2.86. The Labute approximate surface area is 221 Å². The van der Waals surface area contributed by atoms with Gasteiger partial charge in [0, 0.05) is 10.6 Å². The number of nitrogens with zero attached hydrogens (tertiary/aromatic N) is 1. The van der Waals surface area contributed by atoms with Crippen LogP contribution in [0.1, 0.15) is 15.9 Å². The van der Waals surface area contributed by atoms with Crippen molar-refractivity contribution in [2.45, 2.75) is 4.90 Å². The number of hydrogen-bond donors (Lipinski definition) is 1. The summed E-state index contributed by atoms with van der Waals surface area (Å²) in [4.78, 5) is 12.4. The molecular weight excluding hydrogens is 611 g/mol. The SMILES string of the molecule is COc1ccc(C(=O)N/N=C/c2cc(I)c(OS(=O)(=O)c3ccc(Cl)cc3)c(OC)c2)cc1OC. The van der Waals surface area contributed by atoms with E-state index < -0.39 is 16.0 Å². The maximum atomic E-state index is 12.7. The van der Waals surface area contributed by atoms with Gasteiger partial charge in [0.2, 0.25) is 0 Å². The number of hydrogen-bond acceptors (Lipinski definition) is 8. The first-order valence-corrected chi connectivity index (χ1v) is 12.7. The number of ether oxygens (including phenoxy) is 3. The highest BCUT2D eigenvalue weighted by Gasteiger charge is 2.22. The molecule has 0 aliphatic rings. The van der Waals surface area contributed by atoms with Crippen LogP contribution in [-0.4, -0.2) is 41.9 Å². The zero-order valence-corrected chi connectivity index (χ0v) is 22.5. The maximum Gasteiger partial charge on any atom is 0.339 e. The first kappa shape index (κ1) is 26.6. The van der Waals surface area contributed by atoms with Gasteiger partial charge in [-0.3, -0.25) is 4.79 Å². The number of hydrazone groups is 1. The molecule has 0 saturated carbocycles. The van der Waals surface area contributed by atoms with E-state index in [4.69, 9.17) is 30.0 Å². The Balaban J connectivity index is 1.77. The van der Waals surface area contributed by atoms with E-state index in [-0.39, 0.29) is 16.4 Å². The molecule has 3 aromatic carbocycles. The number of rotatable bonds is 9. The van der Waals surface area contributed by atoms with Gasteiger partial charge in [0.25, 0.3) is 5.91 Å². The van der Waals surface area contributed by atoms with Crippen LogP contribution in [0.15, 0.2) is 64.6 Å². The number of nitrogens with one attached hydrogen (secondary N) is 1. The van der Waals surface area contributed by atoms with Crippen molar-refractivity contribution in [1.29, 1.82) is 0 Å². The molecule has 0 fully saturated rings. The van der Waals surface area contributed by atoms with Gasteiger partial charge in [-0.2, -0.15) is 13.5 Å². The Bertz CT molecular complexity index is 1360. The number of amides is 1. The quantitative estimate of drug-likeness (QED) is 0.160. The third kappa shape index (κ3) is 6.55. The third-order valence-corrected chi connectivity index (χ3v) is 6.86. The molecule has 0 unspecified atom stereocenters. The van der Waals surface area contributed by atoms with Gasteiger partial charge in [-0.15, -0.1) is 0 Å². The predicted octanol–water partition coefficient (Wildman–Crippen LogP) is 4.50. The lowest BCUT2D eigenvalue weighted by atomic mass is 10.2. The minimum absolute atomic E-state index is 0.0227. The Morgan fingerprint density at radius 2 is 1.60 bits per heavy atom. The Morgan fingerprint density at radius 1 is 0.943 bits per heavy atom. The van der Waals surface area contributed by atoms with Crippen molar-refractivity contribution in [3.05, 3.63) is 74.3 Å². The van der Waals surface area contributed by atoms with Crippen molar-refractivity contribution in [2.24, 2.45) is 5.10 Å². The van der Waals surface area contributed by atoms with E-state index in [0.717, 1.165) is 0 Å². The zero-order chi connectivity index (χ0) is 25.6. The molecule has 0 heterocycles. The fourth-order valence-corrected chi connectivity index (χ4v) is 4.83. The molecule has 12 heteroatoms. The van der Waals surface area contributed by atoms with Gasteiger partial charge in [0.05, 0.1) is 31.1 Å². The predicted molar refractivity (Wildman–Crippen MR) is 140 cm³/mol. The number of halogens is 2. The molecule has 184 valence electrons. The second-order valence-corrected chi connectivity index (χ2v) is 9.94. The Morgan fingerprint density at radius 3 is 2.23 bits per heavy atom. The lowest BCUT2D eigenvalue weighted by Gasteiger charge is -2.13. The first-order valence-electron chi connectivity index (χ1n) is 9.81. The molecule has 0 atom stereocenters. The van der Waals surface area contributed by atoms with E-state index in [9.17, 15) is 13.2 Å². The lowest BCUT2D eigenvalue weighted by molar-refractivity contribution is 0.0954. The van der Waals surface area contributed by atoms with Crippen LogP contribution in [0.3, 0.4) is 0 Å². The topological polar surface area (TPSA) is 113 Å². The van der Waals surface area contributed by atoms with Crippen LogP contribution in [0.5, 0.6) is 23.0 Å². The molecule has 1 amide bonds. The summed E-state index contributed by atoms with van der Waals surface area (Å²) in [7, 11) is 0.235. The highest BCUT2D eigenvalue weighted by molar-refractivity contribution is 14.1. The van der Waals surface area contributed by atoms with Crippen molar-refractivity contribution >= 4 is 56.4 Å².